The summed E-state index contributed by atoms with van der Waals surface area (Å²) in [6.07, 6.45) is 1.16. The number of nitrogens with zero attached hydrogens (tertiary/aromatic N) is 2. The normalized spacial score (nSPS) is 11.3. The maximum Gasteiger partial charge on any atom is 0.336 e. The number of carboxylic acids is 1. The molecule has 0 aliphatic rings. The zero-order valence-corrected chi connectivity index (χ0v) is 19.2. The molecule has 0 atom stereocenters. The third-order valence-corrected chi connectivity index (χ3v) is 6.69. The number of aromatic carboxylic acids is 1. The van der Waals surface area contributed by atoms with Gasteiger partial charge in [-0.25, -0.2) is 18.6 Å². The van der Waals surface area contributed by atoms with Crippen LogP contribution in [0.3, 0.4) is 0 Å². The van der Waals surface area contributed by atoms with E-state index in [9.17, 15) is 23.1 Å². The maximum absolute atomic E-state index is 13.3. The second-order valence-electron chi connectivity index (χ2n) is 6.61. The smallest absolute Gasteiger partial charge is 0.336 e. The van der Waals surface area contributed by atoms with Gasteiger partial charge in [-0.1, -0.05) is 59.6 Å². The summed E-state index contributed by atoms with van der Waals surface area (Å²) in [4.78, 5) is 23.8. The highest BCUT2D eigenvalue weighted by atomic mass is 35.5. The summed E-state index contributed by atoms with van der Waals surface area (Å²) in [5, 5.41) is 13.3. The topological polar surface area (TPSA) is 116 Å². The van der Waals surface area contributed by atoms with E-state index in [1.165, 1.54) is 42.5 Å². The van der Waals surface area contributed by atoms with Gasteiger partial charge in [-0.2, -0.15) is 5.10 Å². The van der Waals surface area contributed by atoms with E-state index in [1.54, 1.807) is 30.3 Å². The van der Waals surface area contributed by atoms with E-state index in [0.717, 1.165) is 10.5 Å². The Morgan fingerprint density at radius 3 is 2.33 bits per heavy atom. The Morgan fingerprint density at radius 2 is 1.67 bits per heavy atom. The van der Waals surface area contributed by atoms with Crippen molar-refractivity contribution in [1.82, 2.24) is 5.43 Å². The van der Waals surface area contributed by atoms with Crippen LogP contribution in [0.25, 0.3) is 0 Å². The minimum atomic E-state index is -4.16. The summed E-state index contributed by atoms with van der Waals surface area (Å²) >= 11 is 12.2. The van der Waals surface area contributed by atoms with Crippen LogP contribution in [-0.4, -0.2) is 38.2 Å². The number of hydrogen-bond donors (Lipinski definition) is 2. The summed E-state index contributed by atoms with van der Waals surface area (Å²) in [5.74, 6) is -1.93. The number of carboxylic acid groups (broad SMARTS) is 1. The molecule has 0 bridgehead atoms. The predicted molar refractivity (Wildman–Crippen MR) is 127 cm³/mol. The number of hydrogen-bond acceptors (Lipinski definition) is 5. The maximum atomic E-state index is 13.3. The lowest BCUT2D eigenvalue weighted by Gasteiger charge is -2.24. The molecule has 0 heterocycles. The second kappa shape index (κ2) is 10.5. The summed E-state index contributed by atoms with van der Waals surface area (Å²) in [6, 6.07) is 17.8. The Kier molecular flexibility index (Phi) is 7.70. The molecule has 3 aromatic carbocycles. The molecular weight excluding hydrogens is 489 g/mol. The molecule has 0 aromatic heterocycles. The molecule has 1 amide bonds. The SMILES string of the molecule is O=C(CN(c1ccc(Cl)cc1Cl)S(=O)(=O)c1ccccc1)N/N=C\c1ccccc1C(=O)O. The number of hydrazone groups is 1. The number of sulfonamides is 1. The van der Waals surface area contributed by atoms with Crippen LogP contribution in [0.5, 0.6) is 0 Å². The van der Waals surface area contributed by atoms with Crippen LogP contribution in [0.2, 0.25) is 10.0 Å². The fourth-order valence-corrected chi connectivity index (χ4v) is 4.87. The fraction of sp³-hybridized carbons (Fsp3) is 0.0455. The van der Waals surface area contributed by atoms with E-state index >= 15 is 0 Å². The van der Waals surface area contributed by atoms with Gasteiger partial charge >= 0.3 is 5.97 Å². The highest BCUT2D eigenvalue weighted by Gasteiger charge is 2.28. The van der Waals surface area contributed by atoms with Crippen LogP contribution >= 0.6 is 23.2 Å². The lowest BCUT2D eigenvalue weighted by molar-refractivity contribution is -0.119. The molecule has 0 aliphatic heterocycles. The van der Waals surface area contributed by atoms with Gasteiger partial charge in [0.1, 0.15) is 6.54 Å². The Morgan fingerprint density at radius 1 is 1.00 bits per heavy atom. The minimum absolute atomic E-state index is 0.00303. The predicted octanol–water partition coefficient (Wildman–Crippen LogP) is 4.04. The summed E-state index contributed by atoms with van der Waals surface area (Å²) < 4.78 is 27.4. The number of carbonyl (C=O) groups is 2. The lowest BCUT2D eigenvalue weighted by Crippen LogP contribution is -2.39. The van der Waals surface area contributed by atoms with Crippen molar-refractivity contribution >= 4 is 57.0 Å². The molecule has 0 spiro atoms. The van der Waals surface area contributed by atoms with Crippen LogP contribution < -0.4 is 9.73 Å². The molecule has 0 radical (unpaired) electrons. The highest BCUT2D eigenvalue weighted by Crippen LogP contribution is 2.32. The summed E-state index contributed by atoms with van der Waals surface area (Å²) in [6.45, 7) is -0.642. The van der Waals surface area contributed by atoms with Crippen molar-refractivity contribution in [3.8, 4) is 0 Å². The number of amides is 1. The van der Waals surface area contributed by atoms with Crippen molar-refractivity contribution in [2.75, 3.05) is 10.8 Å². The van der Waals surface area contributed by atoms with Gasteiger partial charge in [-0.3, -0.25) is 9.10 Å². The highest BCUT2D eigenvalue weighted by molar-refractivity contribution is 7.92. The number of halogens is 2. The van der Waals surface area contributed by atoms with Crippen molar-refractivity contribution in [3.63, 3.8) is 0 Å². The van der Waals surface area contributed by atoms with Gasteiger partial charge in [0.25, 0.3) is 15.9 Å². The van der Waals surface area contributed by atoms with Crippen molar-refractivity contribution in [1.29, 1.82) is 0 Å². The number of anilines is 1. The fourth-order valence-electron chi connectivity index (χ4n) is 2.85. The molecule has 3 rings (SSSR count). The first-order chi connectivity index (χ1) is 15.7. The quantitative estimate of drug-likeness (QED) is 0.354. The Balaban J connectivity index is 1.88. The average molecular weight is 506 g/mol. The van der Waals surface area contributed by atoms with E-state index in [2.05, 4.69) is 10.5 Å². The zero-order valence-electron chi connectivity index (χ0n) is 16.9. The molecule has 0 fully saturated rings. The molecular formula is C22H17Cl2N3O5S. The first-order valence-corrected chi connectivity index (χ1v) is 11.6. The number of nitrogens with one attached hydrogen (secondary N) is 1. The van der Waals surface area contributed by atoms with Gasteiger partial charge in [0.05, 0.1) is 27.4 Å². The third-order valence-electron chi connectivity index (χ3n) is 4.38. The van der Waals surface area contributed by atoms with Gasteiger partial charge in [0, 0.05) is 10.6 Å². The average Bonchev–Trinajstić information content (AvgIpc) is 2.78. The van der Waals surface area contributed by atoms with Gasteiger partial charge in [0.2, 0.25) is 0 Å². The largest absolute Gasteiger partial charge is 0.478 e. The summed E-state index contributed by atoms with van der Waals surface area (Å²) in [7, 11) is -4.16. The van der Waals surface area contributed by atoms with Crippen LogP contribution in [0.4, 0.5) is 5.69 Å². The Labute approximate surface area is 200 Å². The van der Waals surface area contributed by atoms with Gasteiger partial charge < -0.3 is 5.11 Å². The Bertz CT molecular complexity index is 1310. The summed E-state index contributed by atoms with van der Waals surface area (Å²) in [5.41, 5.74) is 2.53. The second-order valence-corrected chi connectivity index (χ2v) is 9.31. The molecule has 11 heteroatoms. The van der Waals surface area contributed by atoms with Crippen molar-refractivity contribution in [3.05, 3.63) is 94.0 Å². The van der Waals surface area contributed by atoms with Gasteiger partial charge in [-0.15, -0.1) is 0 Å². The molecule has 2 N–H and O–H groups in total. The van der Waals surface area contributed by atoms with E-state index in [4.69, 9.17) is 23.2 Å². The first-order valence-electron chi connectivity index (χ1n) is 9.37. The Hall–Kier alpha value is -3.40. The zero-order chi connectivity index (χ0) is 24.0. The lowest BCUT2D eigenvalue weighted by atomic mass is 10.1. The third kappa shape index (κ3) is 5.89. The molecule has 3 aromatic rings. The van der Waals surface area contributed by atoms with E-state index in [1.807, 2.05) is 0 Å². The van der Waals surface area contributed by atoms with Crippen LogP contribution in [-0.2, 0) is 14.8 Å². The monoisotopic (exact) mass is 505 g/mol. The van der Waals surface area contributed by atoms with E-state index in [0.29, 0.717) is 5.02 Å². The van der Waals surface area contributed by atoms with Crippen molar-refractivity contribution in [2.24, 2.45) is 5.10 Å². The molecule has 0 saturated heterocycles. The van der Waals surface area contributed by atoms with E-state index < -0.39 is 28.4 Å². The number of rotatable bonds is 8. The molecule has 170 valence electrons. The van der Waals surface area contributed by atoms with Crippen LogP contribution in [0, 0.1) is 0 Å². The van der Waals surface area contributed by atoms with Gasteiger partial charge in [0.15, 0.2) is 0 Å². The first kappa shape index (κ1) is 24.2. The number of carbonyl (C=O) groups excluding carboxylic acids is 1. The van der Waals surface area contributed by atoms with Crippen LogP contribution in [0.1, 0.15) is 15.9 Å². The molecule has 0 aliphatic carbocycles. The van der Waals surface area contributed by atoms with Crippen LogP contribution in [0.15, 0.2) is 82.8 Å². The van der Waals surface area contributed by atoms with Gasteiger partial charge in [-0.05, 0) is 36.4 Å². The standard InChI is InChI=1S/C22H17Cl2N3O5S/c23-16-10-11-20(19(24)12-16)27(33(31,32)17-7-2-1-3-8-17)14-21(28)26-25-13-15-6-4-5-9-18(15)22(29)30/h1-13H,14H2,(H,26,28)(H,29,30)/b25-13-. The van der Waals surface area contributed by atoms with Crippen molar-refractivity contribution in [2.45, 2.75) is 4.90 Å². The van der Waals surface area contributed by atoms with Crippen molar-refractivity contribution < 1.29 is 23.1 Å². The van der Waals surface area contributed by atoms with E-state index in [-0.39, 0.29) is 26.7 Å². The molecule has 0 unspecified atom stereocenters. The minimum Gasteiger partial charge on any atom is -0.478 e. The molecule has 0 saturated carbocycles. The molecule has 8 nitrogen and oxygen atoms in total. The molecule has 33 heavy (non-hydrogen) atoms. The number of benzene rings is 3.